The lowest BCUT2D eigenvalue weighted by Crippen LogP contribution is -2.60. The monoisotopic (exact) mass is 322 g/mol. The number of nitrogens with zero attached hydrogens (tertiary/aromatic N) is 2. The Morgan fingerprint density at radius 1 is 1.23 bits per heavy atom. The number of hydrogen-bond acceptors (Lipinski definition) is 3. The zero-order valence-electron chi connectivity index (χ0n) is 13.7. The van der Waals surface area contributed by atoms with E-state index in [-0.39, 0.29) is 0 Å². The van der Waals surface area contributed by atoms with Crippen LogP contribution in [-0.4, -0.2) is 49.1 Å². The van der Waals surface area contributed by atoms with Gasteiger partial charge in [-0.05, 0) is 29.9 Å². The van der Waals surface area contributed by atoms with Crippen LogP contribution in [0.1, 0.15) is 43.7 Å². The molecule has 1 aromatic carbocycles. The fourth-order valence-electron chi connectivity index (χ4n) is 3.12. The maximum Gasteiger partial charge on any atom is 0.211 e. The van der Waals surface area contributed by atoms with Crippen LogP contribution in [0.3, 0.4) is 0 Å². The van der Waals surface area contributed by atoms with Gasteiger partial charge in [0.25, 0.3) is 0 Å². The second-order valence-corrected chi connectivity index (χ2v) is 9.02. The van der Waals surface area contributed by atoms with E-state index in [1.165, 1.54) is 30.2 Å². The minimum Gasteiger partial charge on any atom is -0.291 e. The van der Waals surface area contributed by atoms with Crippen LogP contribution in [0.15, 0.2) is 24.3 Å². The average molecular weight is 322 g/mol. The Bertz CT molecular complexity index is 632. The first-order chi connectivity index (χ1) is 10.3. The van der Waals surface area contributed by atoms with Crippen molar-refractivity contribution in [1.82, 2.24) is 9.21 Å². The van der Waals surface area contributed by atoms with Gasteiger partial charge in [-0.2, -0.15) is 4.31 Å². The molecule has 0 bridgehead atoms. The number of rotatable bonds is 6. The number of hydrogen-bond donors (Lipinski definition) is 0. The van der Waals surface area contributed by atoms with Gasteiger partial charge in [0.2, 0.25) is 10.0 Å². The zero-order chi connectivity index (χ0) is 15.9. The summed E-state index contributed by atoms with van der Waals surface area (Å²) >= 11 is 0. The summed E-state index contributed by atoms with van der Waals surface area (Å²) in [5.74, 6) is 0.541. The SMILES string of the molecule is CC(C)c1cccc(CN(C2CC2)C2CN(S(C)(=O)=O)C2)c1. The first kappa shape index (κ1) is 16.0. The van der Waals surface area contributed by atoms with E-state index in [9.17, 15) is 8.42 Å². The molecule has 1 heterocycles. The van der Waals surface area contributed by atoms with Gasteiger partial charge in [-0.3, -0.25) is 4.90 Å². The summed E-state index contributed by atoms with van der Waals surface area (Å²) in [5.41, 5.74) is 2.72. The highest BCUT2D eigenvalue weighted by Crippen LogP contribution is 2.33. The Kier molecular flexibility index (Phi) is 4.32. The molecule has 1 aliphatic heterocycles. The van der Waals surface area contributed by atoms with E-state index in [4.69, 9.17) is 0 Å². The van der Waals surface area contributed by atoms with Crippen molar-refractivity contribution < 1.29 is 8.42 Å². The molecule has 22 heavy (non-hydrogen) atoms. The molecule has 0 amide bonds. The molecule has 1 saturated heterocycles. The highest BCUT2D eigenvalue weighted by atomic mass is 32.2. The van der Waals surface area contributed by atoms with Crippen molar-refractivity contribution in [3.63, 3.8) is 0 Å². The van der Waals surface area contributed by atoms with Crippen molar-refractivity contribution in [3.8, 4) is 0 Å². The Hall–Kier alpha value is -0.910. The van der Waals surface area contributed by atoms with Crippen LogP contribution in [0, 0.1) is 0 Å². The van der Waals surface area contributed by atoms with Gasteiger partial charge in [-0.15, -0.1) is 0 Å². The molecular formula is C17H26N2O2S. The summed E-state index contributed by atoms with van der Waals surface area (Å²) in [6, 6.07) is 9.84. The Labute approximate surface area is 134 Å². The summed E-state index contributed by atoms with van der Waals surface area (Å²) in [5, 5.41) is 0. The molecule has 3 rings (SSSR count). The van der Waals surface area contributed by atoms with Crippen molar-refractivity contribution >= 4 is 10.0 Å². The fraction of sp³-hybridized carbons (Fsp3) is 0.647. The van der Waals surface area contributed by atoms with Crippen molar-refractivity contribution in [2.24, 2.45) is 0 Å². The topological polar surface area (TPSA) is 40.6 Å². The third-order valence-corrected chi connectivity index (χ3v) is 6.00. The van der Waals surface area contributed by atoms with Gasteiger partial charge >= 0.3 is 0 Å². The van der Waals surface area contributed by atoms with E-state index >= 15 is 0 Å². The van der Waals surface area contributed by atoms with Crippen LogP contribution in [0.2, 0.25) is 0 Å². The van der Waals surface area contributed by atoms with Crippen molar-refractivity contribution in [2.75, 3.05) is 19.3 Å². The Morgan fingerprint density at radius 3 is 2.45 bits per heavy atom. The molecule has 0 N–H and O–H groups in total. The largest absolute Gasteiger partial charge is 0.291 e. The van der Waals surface area contributed by atoms with E-state index in [2.05, 4.69) is 43.0 Å². The summed E-state index contributed by atoms with van der Waals surface area (Å²) < 4.78 is 24.7. The van der Waals surface area contributed by atoms with Crippen LogP contribution in [-0.2, 0) is 16.6 Å². The first-order valence-electron chi connectivity index (χ1n) is 8.14. The maximum absolute atomic E-state index is 11.6. The van der Waals surface area contributed by atoms with E-state index < -0.39 is 10.0 Å². The van der Waals surface area contributed by atoms with Gasteiger partial charge in [0.15, 0.2) is 0 Å². The highest BCUT2D eigenvalue weighted by Gasteiger charge is 2.42. The fourth-order valence-corrected chi connectivity index (χ4v) is 4.01. The predicted octanol–water partition coefficient (Wildman–Crippen LogP) is 2.42. The summed E-state index contributed by atoms with van der Waals surface area (Å²) in [6.07, 6.45) is 3.80. The molecule has 4 nitrogen and oxygen atoms in total. The van der Waals surface area contributed by atoms with Gasteiger partial charge in [0.1, 0.15) is 0 Å². The summed E-state index contributed by atoms with van der Waals surface area (Å²) in [7, 11) is -3.02. The summed E-state index contributed by atoms with van der Waals surface area (Å²) in [6.45, 7) is 6.67. The molecule has 1 aromatic rings. The molecule has 1 saturated carbocycles. The van der Waals surface area contributed by atoms with Crippen LogP contribution in [0.5, 0.6) is 0 Å². The molecule has 2 aliphatic rings. The predicted molar refractivity (Wildman–Crippen MR) is 89.3 cm³/mol. The van der Waals surface area contributed by atoms with Crippen molar-refractivity contribution in [3.05, 3.63) is 35.4 Å². The molecule has 2 fully saturated rings. The molecule has 0 unspecified atom stereocenters. The average Bonchev–Trinajstić information content (AvgIpc) is 3.18. The Morgan fingerprint density at radius 2 is 1.91 bits per heavy atom. The number of sulfonamides is 1. The second kappa shape index (κ2) is 5.95. The van der Waals surface area contributed by atoms with E-state index in [1.54, 1.807) is 4.31 Å². The van der Waals surface area contributed by atoms with Crippen LogP contribution in [0.25, 0.3) is 0 Å². The van der Waals surface area contributed by atoms with Gasteiger partial charge < -0.3 is 0 Å². The molecule has 122 valence electrons. The lowest BCUT2D eigenvalue weighted by molar-refractivity contribution is 0.0748. The van der Waals surface area contributed by atoms with E-state index in [1.807, 2.05) is 0 Å². The molecule has 0 radical (unpaired) electrons. The molecule has 0 aromatic heterocycles. The van der Waals surface area contributed by atoms with Crippen molar-refractivity contribution in [2.45, 2.75) is 51.2 Å². The minimum atomic E-state index is -3.02. The summed E-state index contributed by atoms with van der Waals surface area (Å²) in [4.78, 5) is 2.52. The van der Waals surface area contributed by atoms with Crippen LogP contribution in [0.4, 0.5) is 0 Å². The second-order valence-electron chi connectivity index (χ2n) is 7.04. The molecule has 0 atom stereocenters. The van der Waals surface area contributed by atoms with Gasteiger partial charge in [-0.25, -0.2) is 8.42 Å². The Balaban J connectivity index is 1.67. The maximum atomic E-state index is 11.6. The molecule has 0 spiro atoms. The van der Waals surface area contributed by atoms with Crippen molar-refractivity contribution in [1.29, 1.82) is 0 Å². The third-order valence-electron chi connectivity index (χ3n) is 4.77. The lowest BCUT2D eigenvalue weighted by Gasteiger charge is -2.44. The van der Waals surface area contributed by atoms with E-state index in [0.717, 1.165) is 6.54 Å². The molecule has 5 heteroatoms. The number of benzene rings is 1. The minimum absolute atomic E-state index is 0.380. The molecule has 1 aliphatic carbocycles. The van der Waals surface area contributed by atoms with E-state index in [0.29, 0.717) is 31.1 Å². The lowest BCUT2D eigenvalue weighted by atomic mass is 10.00. The highest BCUT2D eigenvalue weighted by molar-refractivity contribution is 7.88. The third kappa shape index (κ3) is 3.53. The normalized spacial score (nSPS) is 20.6. The first-order valence-corrected chi connectivity index (χ1v) is 9.99. The van der Waals surface area contributed by atoms with Gasteiger partial charge in [0.05, 0.1) is 6.26 Å². The zero-order valence-corrected chi connectivity index (χ0v) is 14.5. The standard InChI is InChI=1S/C17H26N2O2S/c1-13(2)15-6-4-5-14(9-15)10-19(16-7-8-16)17-11-18(12-17)22(3,20)21/h4-6,9,13,16-17H,7-8,10-12H2,1-3H3. The molecular weight excluding hydrogens is 296 g/mol. The van der Waals surface area contributed by atoms with Gasteiger partial charge in [-0.1, -0.05) is 38.1 Å². The van der Waals surface area contributed by atoms with Gasteiger partial charge in [0, 0.05) is 31.7 Å². The van der Waals surface area contributed by atoms with Crippen LogP contribution >= 0.6 is 0 Å². The quantitative estimate of drug-likeness (QED) is 0.807. The van der Waals surface area contributed by atoms with Crippen LogP contribution < -0.4 is 0 Å². The smallest absolute Gasteiger partial charge is 0.211 e.